The van der Waals surface area contributed by atoms with Crippen molar-refractivity contribution in [3.8, 4) is 17.2 Å². The number of hydrogen-bond acceptors (Lipinski definition) is 6. The van der Waals surface area contributed by atoms with Gasteiger partial charge in [0, 0.05) is 6.20 Å². The number of aromatic nitrogens is 3. The van der Waals surface area contributed by atoms with Crippen LogP contribution in [0.25, 0.3) is 26.1 Å². The highest BCUT2D eigenvalue weighted by atomic mass is 32.1. The molecule has 0 saturated carbocycles. The van der Waals surface area contributed by atoms with E-state index in [0.29, 0.717) is 22.6 Å². The SMILES string of the molecule is CCc1ccc(-n2cnc3c(sc4nccc(OCc5ccc(OC)cc5)c43)c2=O)cc1. The molecule has 0 spiro atoms. The Balaban J connectivity index is 1.53. The fourth-order valence-electron chi connectivity index (χ4n) is 3.60. The van der Waals surface area contributed by atoms with Gasteiger partial charge in [-0.3, -0.25) is 9.36 Å². The van der Waals surface area contributed by atoms with Crippen LogP contribution >= 0.6 is 11.3 Å². The minimum atomic E-state index is -0.108. The van der Waals surface area contributed by atoms with Gasteiger partial charge in [0.2, 0.25) is 0 Å². The third-order valence-electron chi connectivity index (χ3n) is 5.42. The number of benzene rings is 2. The Kier molecular flexibility index (Phi) is 5.33. The lowest BCUT2D eigenvalue weighted by molar-refractivity contribution is 0.310. The Hall–Kier alpha value is -3.71. The first kappa shape index (κ1) is 20.2. The molecule has 0 bridgehead atoms. The average Bonchev–Trinajstić information content (AvgIpc) is 3.24. The van der Waals surface area contributed by atoms with Crippen molar-refractivity contribution in [3.05, 3.63) is 88.6 Å². The van der Waals surface area contributed by atoms with E-state index in [2.05, 4.69) is 16.9 Å². The molecule has 0 atom stereocenters. The minimum Gasteiger partial charge on any atom is -0.497 e. The molecule has 7 heteroatoms. The topological polar surface area (TPSA) is 66.2 Å². The smallest absolute Gasteiger partial charge is 0.275 e. The first-order valence-corrected chi connectivity index (χ1v) is 11.1. The standard InChI is InChI=1S/C25H21N3O3S/c1-3-16-4-8-18(9-5-16)28-15-27-22-21-20(12-13-26-24(21)32-23(22)25(28)29)31-14-17-6-10-19(30-2)11-7-17/h4-13,15H,3,14H2,1-2H3. The van der Waals surface area contributed by atoms with E-state index < -0.39 is 0 Å². The molecule has 160 valence electrons. The Morgan fingerprint density at radius 3 is 2.44 bits per heavy atom. The van der Waals surface area contributed by atoms with E-state index in [0.717, 1.165) is 33.6 Å². The van der Waals surface area contributed by atoms with Gasteiger partial charge in [-0.1, -0.05) is 31.2 Å². The average molecular weight is 444 g/mol. The Morgan fingerprint density at radius 2 is 1.72 bits per heavy atom. The maximum absolute atomic E-state index is 13.3. The van der Waals surface area contributed by atoms with Gasteiger partial charge in [-0.05, 0) is 47.9 Å². The summed E-state index contributed by atoms with van der Waals surface area (Å²) in [6, 6.07) is 17.5. The normalized spacial score (nSPS) is 11.2. The highest BCUT2D eigenvalue weighted by molar-refractivity contribution is 7.25. The molecule has 0 unspecified atom stereocenters. The summed E-state index contributed by atoms with van der Waals surface area (Å²) in [5, 5.41) is 0.770. The lowest BCUT2D eigenvalue weighted by atomic mass is 10.1. The lowest BCUT2D eigenvalue weighted by Crippen LogP contribution is -2.17. The molecular formula is C25H21N3O3S. The fourth-order valence-corrected chi connectivity index (χ4v) is 4.65. The molecule has 2 aromatic carbocycles. The van der Waals surface area contributed by atoms with Crippen LogP contribution in [0.1, 0.15) is 18.1 Å². The van der Waals surface area contributed by atoms with Crippen LogP contribution < -0.4 is 15.0 Å². The van der Waals surface area contributed by atoms with Gasteiger partial charge in [-0.2, -0.15) is 0 Å². The molecule has 0 aliphatic carbocycles. The van der Waals surface area contributed by atoms with Gasteiger partial charge in [0.25, 0.3) is 5.56 Å². The summed E-state index contributed by atoms with van der Waals surface area (Å²) >= 11 is 1.34. The van der Waals surface area contributed by atoms with E-state index in [1.807, 2.05) is 54.6 Å². The number of aryl methyl sites for hydroxylation is 1. The number of thiophene rings is 1. The van der Waals surface area contributed by atoms with E-state index >= 15 is 0 Å². The van der Waals surface area contributed by atoms with Crippen molar-refractivity contribution < 1.29 is 9.47 Å². The molecular weight excluding hydrogens is 422 g/mol. The number of rotatable bonds is 6. The van der Waals surface area contributed by atoms with Crippen molar-refractivity contribution in [2.45, 2.75) is 20.0 Å². The van der Waals surface area contributed by atoms with E-state index in [9.17, 15) is 4.79 Å². The monoisotopic (exact) mass is 443 g/mol. The van der Waals surface area contributed by atoms with Crippen molar-refractivity contribution in [3.63, 3.8) is 0 Å². The van der Waals surface area contributed by atoms with Gasteiger partial charge in [-0.15, -0.1) is 11.3 Å². The Bertz CT molecular complexity index is 1450. The summed E-state index contributed by atoms with van der Waals surface area (Å²) in [5.74, 6) is 1.46. The number of ether oxygens (including phenoxy) is 2. The quantitative estimate of drug-likeness (QED) is 0.363. The van der Waals surface area contributed by atoms with Gasteiger partial charge in [0.1, 0.15) is 39.5 Å². The van der Waals surface area contributed by atoms with Crippen LogP contribution in [0.15, 0.2) is 71.9 Å². The van der Waals surface area contributed by atoms with Gasteiger partial charge >= 0.3 is 0 Å². The predicted octanol–water partition coefficient (Wildman–Crippen LogP) is 5.15. The molecule has 5 rings (SSSR count). The van der Waals surface area contributed by atoms with Crippen LogP contribution in [-0.2, 0) is 13.0 Å². The van der Waals surface area contributed by atoms with Crippen LogP contribution in [0.3, 0.4) is 0 Å². The second-order valence-corrected chi connectivity index (χ2v) is 8.34. The summed E-state index contributed by atoms with van der Waals surface area (Å²) < 4.78 is 13.4. The Labute approximate surface area is 188 Å². The summed E-state index contributed by atoms with van der Waals surface area (Å²) in [4.78, 5) is 23.1. The zero-order chi connectivity index (χ0) is 22.1. The number of fused-ring (bicyclic) bond motifs is 3. The molecule has 32 heavy (non-hydrogen) atoms. The van der Waals surface area contributed by atoms with Gasteiger partial charge in [-0.25, -0.2) is 9.97 Å². The first-order valence-electron chi connectivity index (χ1n) is 10.3. The molecule has 5 aromatic rings. The zero-order valence-corrected chi connectivity index (χ0v) is 18.6. The van der Waals surface area contributed by atoms with Crippen LogP contribution in [-0.4, -0.2) is 21.6 Å². The first-order chi connectivity index (χ1) is 15.7. The van der Waals surface area contributed by atoms with Crippen molar-refractivity contribution in [1.82, 2.24) is 14.5 Å². The van der Waals surface area contributed by atoms with Gasteiger partial charge < -0.3 is 9.47 Å². The summed E-state index contributed by atoms with van der Waals surface area (Å²) in [6.45, 7) is 2.49. The van der Waals surface area contributed by atoms with Crippen molar-refractivity contribution >= 4 is 31.8 Å². The molecule has 0 aliphatic rings. The number of methoxy groups -OCH3 is 1. The molecule has 6 nitrogen and oxygen atoms in total. The third-order valence-corrected chi connectivity index (χ3v) is 6.50. The zero-order valence-electron chi connectivity index (χ0n) is 17.7. The van der Waals surface area contributed by atoms with Crippen LogP contribution in [0, 0.1) is 0 Å². The maximum Gasteiger partial charge on any atom is 0.275 e. The van der Waals surface area contributed by atoms with E-state index in [1.54, 1.807) is 24.2 Å². The fraction of sp³-hybridized carbons (Fsp3) is 0.160. The van der Waals surface area contributed by atoms with Crippen LogP contribution in [0.5, 0.6) is 11.5 Å². The van der Waals surface area contributed by atoms with E-state index in [-0.39, 0.29) is 5.56 Å². The molecule has 0 radical (unpaired) electrons. The highest BCUT2D eigenvalue weighted by Crippen LogP contribution is 2.35. The largest absolute Gasteiger partial charge is 0.497 e. The summed E-state index contributed by atoms with van der Waals surface area (Å²) in [5.41, 5.74) is 3.54. The van der Waals surface area contributed by atoms with Crippen LogP contribution in [0.2, 0.25) is 0 Å². The molecule has 0 aliphatic heterocycles. The molecule has 0 amide bonds. The Morgan fingerprint density at radius 1 is 0.969 bits per heavy atom. The highest BCUT2D eigenvalue weighted by Gasteiger charge is 2.17. The van der Waals surface area contributed by atoms with Crippen LogP contribution in [0.4, 0.5) is 0 Å². The number of hydrogen-bond donors (Lipinski definition) is 0. The minimum absolute atomic E-state index is 0.108. The van der Waals surface area contributed by atoms with Crippen molar-refractivity contribution in [2.24, 2.45) is 0 Å². The second kappa shape index (κ2) is 8.43. The van der Waals surface area contributed by atoms with E-state index in [1.165, 1.54) is 16.9 Å². The number of nitrogens with zero attached hydrogens (tertiary/aromatic N) is 3. The molecule has 0 N–H and O–H groups in total. The third kappa shape index (κ3) is 3.61. The molecule has 0 saturated heterocycles. The summed E-state index contributed by atoms with van der Waals surface area (Å²) in [6.07, 6.45) is 4.23. The van der Waals surface area contributed by atoms with Gasteiger partial charge in [0.05, 0.1) is 18.2 Å². The lowest BCUT2D eigenvalue weighted by Gasteiger charge is -2.09. The maximum atomic E-state index is 13.3. The number of pyridine rings is 1. The molecule has 3 heterocycles. The van der Waals surface area contributed by atoms with Gasteiger partial charge in [0.15, 0.2) is 0 Å². The van der Waals surface area contributed by atoms with Crippen molar-refractivity contribution in [1.29, 1.82) is 0 Å². The summed E-state index contributed by atoms with van der Waals surface area (Å²) in [7, 11) is 1.64. The van der Waals surface area contributed by atoms with Crippen molar-refractivity contribution in [2.75, 3.05) is 7.11 Å². The van der Waals surface area contributed by atoms with E-state index in [4.69, 9.17) is 9.47 Å². The molecule has 3 aromatic heterocycles. The molecule has 0 fully saturated rings. The predicted molar refractivity (Wildman–Crippen MR) is 127 cm³/mol. The second-order valence-electron chi connectivity index (χ2n) is 7.35.